The Morgan fingerprint density at radius 3 is 2.86 bits per heavy atom. The van der Waals surface area contributed by atoms with Gasteiger partial charge in [-0.1, -0.05) is 12.1 Å². The van der Waals surface area contributed by atoms with Crippen LogP contribution in [0.2, 0.25) is 0 Å². The minimum absolute atomic E-state index is 0.673. The fraction of sp³-hybridized carbons (Fsp3) is 0.167. The lowest BCUT2D eigenvalue weighted by Crippen LogP contribution is -1.92. The van der Waals surface area contributed by atoms with Gasteiger partial charge in [0.05, 0.1) is 11.2 Å². The van der Waals surface area contributed by atoms with Crippen molar-refractivity contribution >= 4 is 16.6 Å². The Morgan fingerprint density at radius 1 is 1.00 bits per heavy atom. The number of pyridine rings is 1. The quantitative estimate of drug-likeness (QED) is 0.717. The van der Waals surface area contributed by atoms with E-state index in [4.69, 9.17) is 10.5 Å². The third-order valence-electron chi connectivity index (χ3n) is 4.06. The van der Waals surface area contributed by atoms with Crippen molar-refractivity contribution in [3.8, 4) is 11.5 Å². The second-order valence-electron chi connectivity index (χ2n) is 5.44. The van der Waals surface area contributed by atoms with Gasteiger partial charge in [-0.05, 0) is 60.7 Å². The zero-order valence-corrected chi connectivity index (χ0v) is 11.7. The monoisotopic (exact) mass is 276 g/mol. The van der Waals surface area contributed by atoms with E-state index in [0.717, 1.165) is 28.8 Å². The van der Waals surface area contributed by atoms with Crippen molar-refractivity contribution in [2.45, 2.75) is 19.3 Å². The van der Waals surface area contributed by atoms with E-state index in [1.165, 1.54) is 24.0 Å². The van der Waals surface area contributed by atoms with Gasteiger partial charge in [-0.3, -0.25) is 4.98 Å². The third kappa shape index (κ3) is 2.11. The molecular formula is C18H16N2O. The van der Waals surface area contributed by atoms with Crippen LogP contribution in [0.1, 0.15) is 17.5 Å². The molecule has 0 saturated carbocycles. The maximum absolute atomic E-state index is 6.08. The molecule has 0 atom stereocenters. The number of anilines is 1. The van der Waals surface area contributed by atoms with E-state index >= 15 is 0 Å². The number of aryl methyl sites for hydroxylation is 2. The summed E-state index contributed by atoms with van der Waals surface area (Å²) in [5.74, 6) is 1.68. The largest absolute Gasteiger partial charge is 0.457 e. The minimum atomic E-state index is 0.673. The van der Waals surface area contributed by atoms with Crippen molar-refractivity contribution in [2.24, 2.45) is 0 Å². The second kappa shape index (κ2) is 4.77. The molecule has 1 heterocycles. The first-order valence-electron chi connectivity index (χ1n) is 7.24. The highest BCUT2D eigenvalue weighted by atomic mass is 16.5. The lowest BCUT2D eigenvalue weighted by atomic mass is 10.1. The van der Waals surface area contributed by atoms with Crippen molar-refractivity contribution in [1.29, 1.82) is 0 Å². The molecule has 2 aromatic carbocycles. The molecule has 0 unspecified atom stereocenters. The Kier molecular flexibility index (Phi) is 2.78. The van der Waals surface area contributed by atoms with Gasteiger partial charge >= 0.3 is 0 Å². The van der Waals surface area contributed by atoms with Crippen LogP contribution in [-0.4, -0.2) is 4.98 Å². The number of nitrogens with two attached hydrogens (primary N) is 1. The summed E-state index contributed by atoms with van der Waals surface area (Å²) in [6.45, 7) is 0. The molecule has 0 spiro atoms. The summed E-state index contributed by atoms with van der Waals surface area (Å²) in [6, 6.07) is 14.0. The van der Waals surface area contributed by atoms with Gasteiger partial charge in [0.2, 0.25) is 0 Å². The molecule has 0 bridgehead atoms. The summed E-state index contributed by atoms with van der Waals surface area (Å²) in [5, 5.41) is 0.943. The molecule has 0 saturated heterocycles. The van der Waals surface area contributed by atoms with Crippen LogP contribution in [0, 0.1) is 0 Å². The molecule has 0 radical (unpaired) electrons. The molecule has 0 aliphatic heterocycles. The number of nitrogens with zero attached hydrogens (tertiary/aromatic N) is 1. The van der Waals surface area contributed by atoms with E-state index in [2.05, 4.69) is 17.1 Å². The molecule has 3 heteroatoms. The molecule has 3 nitrogen and oxygen atoms in total. The van der Waals surface area contributed by atoms with Crippen molar-refractivity contribution in [3.63, 3.8) is 0 Å². The number of aromatic nitrogens is 1. The Balaban J connectivity index is 1.76. The SMILES string of the molecule is Nc1cccc2c(Oc3ccc4c(c3)CCC4)ccnc12. The van der Waals surface area contributed by atoms with Gasteiger partial charge in [0, 0.05) is 11.6 Å². The van der Waals surface area contributed by atoms with Crippen LogP contribution in [0.15, 0.2) is 48.7 Å². The molecule has 0 amide bonds. The molecule has 104 valence electrons. The highest BCUT2D eigenvalue weighted by Crippen LogP contribution is 2.33. The highest BCUT2D eigenvalue weighted by molar-refractivity contribution is 5.93. The first-order chi connectivity index (χ1) is 10.3. The van der Waals surface area contributed by atoms with Gasteiger partial charge in [0.15, 0.2) is 0 Å². The third-order valence-corrected chi connectivity index (χ3v) is 4.06. The topological polar surface area (TPSA) is 48.1 Å². The number of benzene rings is 2. The van der Waals surface area contributed by atoms with E-state index in [-0.39, 0.29) is 0 Å². The van der Waals surface area contributed by atoms with E-state index in [1.54, 1.807) is 6.20 Å². The van der Waals surface area contributed by atoms with Crippen LogP contribution in [0.5, 0.6) is 11.5 Å². The van der Waals surface area contributed by atoms with Crippen LogP contribution in [-0.2, 0) is 12.8 Å². The molecule has 0 fully saturated rings. The molecule has 3 aromatic rings. The number of rotatable bonds is 2. The standard InChI is InChI=1S/C18H16N2O/c19-16-6-2-5-15-17(9-10-20-18(15)16)21-14-8-7-12-3-1-4-13(12)11-14/h2,5-11H,1,3-4,19H2. The zero-order chi connectivity index (χ0) is 14.2. The smallest absolute Gasteiger partial charge is 0.138 e. The predicted octanol–water partition coefficient (Wildman–Crippen LogP) is 4.10. The summed E-state index contributed by atoms with van der Waals surface area (Å²) in [7, 11) is 0. The zero-order valence-electron chi connectivity index (χ0n) is 11.7. The maximum Gasteiger partial charge on any atom is 0.138 e. The molecule has 2 N–H and O–H groups in total. The summed E-state index contributed by atoms with van der Waals surface area (Å²) in [4.78, 5) is 4.34. The normalized spacial score (nSPS) is 13.3. The van der Waals surface area contributed by atoms with Gasteiger partial charge in [-0.25, -0.2) is 0 Å². The first kappa shape index (κ1) is 12.2. The lowest BCUT2D eigenvalue weighted by molar-refractivity contribution is 0.487. The predicted molar refractivity (Wildman–Crippen MR) is 84.7 cm³/mol. The Bertz CT molecular complexity index is 827. The van der Waals surface area contributed by atoms with Crippen LogP contribution in [0.4, 0.5) is 5.69 Å². The number of hydrogen-bond donors (Lipinski definition) is 1. The fourth-order valence-electron chi connectivity index (χ4n) is 3.00. The Hall–Kier alpha value is -2.55. The van der Waals surface area contributed by atoms with Crippen LogP contribution >= 0.6 is 0 Å². The van der Waals surface area contributed by atoms with Gasteiger partial charge in [0.25, 0.3) is 0 Å². The van der Waals surface area contributed by atoms with E-state index in [9.17, 15) is 0 Å². The van der Waals surface area contributed by atoms with Crippen LogP contribution < -0.4 is 10.5 Å². The van der Waals surface area contributed by atoms with Crippen molar-refractivity contribution in [2.75, 3.05) is 5.73 Å². The van der Waals surface area contributed by atoms with Gasteiger partial charge < -0.3 is 10.5 Å². The van der Waals surface area contributed by atoms with Crippen LogP contribution in [0.3, 0.4) is 0 Å². The van der Waals surface area contributed by atoms with E-state index in [1.807, 2.05) is 30.3 Å². The number of para-hydroxylation sites is 1. The summed E-state index contributed by atoms with van der Waals surface area (Å²) >= 11 is 0. The molecule has 1 aliphatic carbocycles. The van der Waals surface area contributed by atoms with E-state index < -0.39 is 0 Å². The van der Waals surface area contributed by atoms with Gasteiger partial charge in [-0.2, -0.15) is 0 Å². The number of nitrogen functional groups attached to an aromatic ring is 1. The van der Waals surface area contributed by atoms with Crippen molar-refractivity contribution in [1.82, 2.24) is 4.98 Å². The summed E-state index contributed by atoms with van der Waals surface area (Å²) < 4.78 is 6.08. The van der Waals surface area contributed by atoms with E-state index in [0.29, 0.717) is 5.69 Å². The second-order valence-corrected chi connectivity index (χ2v) is 5.44. The first-order valence-corrected chi connectivity index (χ1v) is 7.24. The Labute approximate surface area is 123 Å². The molecule has 1 aromatic heterocycles. The van der Waals surface area contributed by atoms with Crippen molar-refractivity contribution in [3.05, 3.63) is 59.8 Å². The minimum Gasteiger partial charge on any atom is -0.457 e. The molecular weight excluding hydrogens is 260 g/mol. The van der Waals surface area contributed by atoms with Gasteiger partial charge in [0.1, 0.15) is 11.5 Å². The molecule has 1 aliphatic rings. The molecule has 21 heavy (non-hydrogen) atoms. The van der Waals surface area contributed by atoms with Gasteiger partial charge in [-0.15, -0.1) is 0 Å². The number of fused-ring (bicyclic) bond motifs is 2. The summed E-state index contributed by atoms with van der Waals surface area (Å²) in [6.07, 6.45) is 5.32. The molecule has 4 rings (SSSR count). The highest BCUT2D eigenvalue weighted by Gasteiger charge is 2.12. The number of ether oxygens (including phenoxy) is 1. The maximum atomic E-state index is 6.08. The average molecular weight is 276 g/mol. The number of hydrogen-bond acceptors (Lipinski definition) is 3. The van der Waals surface area contributed by atoms with Crippen LogP contribution in [0.25, 0.3) is 10.9 Å². The van der Waals surface area contributed by atoms with Crippen molar-refractivity contribution < 1.29 is 4.74 Å². The Morgan fingerprint density at radius 2 is 1.90 bits per heavy atom. The lowest BCUT2D eigenvalue weighted by Gasteiger charge is -2.10. The fourth-order valence-corrected chi connectivity index (χ4v) is 3.00. The summed E-state index contributed by atoms with van der Waals surface area (Å²) in [5.41, 5.74) is 10.3. The average Bonchev–Trinajstić information content (AvgIpc) is 2.96.